The van der Waals surface area contributed by atoms with Gasteiger partial charge in [-0.3, -0.25) is 0 Å². The van der Waals surface area contributed by atoms with Crippen LogP contribution in [-0.2, 0) is 0 Å². The van der Waals surface area contributed by atoms with Crippen LogP contribution in [0.3, 0.4) is 0 Å². The fourth-order valence-electron chi connectivity index (χ4n) is 1.86. The quantitative estimate of drug-likeness (QED) is 0.794. The van der Waals surface area contributed by atoms with Crippen molar-refractivity contribution in [2.24, 2.45) is 0 Å². The van der Waals surface area contributed by atoms with Gasteiger partial charge in [0.05, 0.1) is 11.9 Å². The summed E-state index contributed by atoms with van der Waals surface area (Å²) in [6, 6.07) is 9.20. The van der Waals surface area contributed by atoms with E-state index in [2.05, 4.69) is 24.1 Å². The second kappa shape index (κ2) is 5.61. The highest BCUT2D eigenvalue weighted by atomic mass is 16.4. The Morgan fingerprint density at radius 2 is 2.10 bits per heavy atom. The van der Waals surface area contributed by atoms with Crippen molar-refractivity contribution in [3.8, 4) is 0 Å². The molecule has 0 amide bonds. The summed E-state index contributed by atoms with van der Waals surface area (Å²) in [5, 5.41) is 12.2. The predicted molar refractivity (Wildman–Crippen MR) is 79.4 cm³/mol. The van der Waals surface area contributed by atoms with Gasteiger partial charge in [-0.05, 0) is 29.7 Å². The van der Waals surface area contributed by atoms with Crippen molar-refractivity contribution in [2.75, 3.05) is 11.1 Å². The maximum atomic E-state index is 11.2. The van der Waals surface area contributed by atoms with Gasteiger partial charge in [0.1, 0.15) is 11.4 Å². The standard InChI is InChI=1S/C15H17N3O2/c1-9(2)10-4-3-5-12(6-10)18-14-13(15(19)20)7-11(16)8-17-14/h3-9H,16H2,1-2H3,(H,17,18)(H,19,20). The lowest BCUT2D eigenvalue weighted by molar-refractivity contribution is 0.0697. The molecule has 2 rings (SSSR count). The Hall–Kier alpha value is -2.56. The molecular formula is C15H17N3O2. The lowest BCUT2D eigenvalue weighted by atomic mass is 10.0. The molecule has 0 bridgehead atoms. The smallest absolute Gasteiger partial charge is 0.339 e. The Balaban J connectivity index is 2.35. The molecule has 1 heterocycles. The van der Waals surface area contributed by atoms with E-state index in [1.54, 1.807) is 0 Å². The topological polar surface area (TPSA) is 88.2 Å². The van der Waals surface area contributed by atoms with Gasteiger partial charge in [-0.1, -0.05) is 26.0 Å². The second-order valence-electron chi connectivity index (χ2n) is 4.88. The fraction of sp³-hybridized carbons (Fsp3) is 0.200. The van der Waals surface area contributed by atoms with Crippen LogP contribution in [0.2, 0.25) is 0 Å². The Labute approximate surface area is 117 Å². The number of aromatic carboxylic acids is 1. The molecular weight excluding hydrogens is 254 g/mol. The van der Waals surface area contributed by atoms with Gasteiger partial charge < -0.3 is 16.2 Å². The van der Waals surface area contributed by atoms with Crippen LogP contribution in [0.4, 0.5) is 17.2 Å². The van der Waals surface area contributed by atoms with E-state index < -0.39 is 5.97 Å². The normalized spacial score (nSPS) is 10.6. The third-order valence-electron chi connectivity index (χ3n) is 2.96. The van der Waals surface area contributed by atoms with E-state index in [0.29, 0.717) is 11.6 Å². The number of carboxylic acids is 1. The van der Waals surface area contributed by atoms with E-state index in [-0.39, 0.29) is 11.4 Å². The third-order valence-corrected chi connectivity index (χ3v) is 2.96. The number of nitrogens with zero attached hydrogens (tertiary/aromatic N) is 1. The molecule has 4 N–H and O–H groups in total. The largest absolute Gasteiger partial charge is 0.478 e. The molecule has 5 nitrogen and oxygen atoms in total. The van der Waals surface area contributed by atoms with E-state index >= 15 is 0 Å². The molecule has 0 radical (unpaired) electrons. The van der Waals surface area contributed by atoms with E-state index in [1.165, 1.54) is 17.8 Å². The maximum absolute atomic E-state index is 11.2. The van der Waals surface area contributed by atoms with Gasteiger partial charge in [0.2, 0.25) is 0 Å². The van der Waals surface area contributed by atoms with Crippen LogP contribution in [0.1, 0.15) is 35.7 Å². The number of nitrogens with one attached hydrogen (secondary N) is 1. The highest BCUT2D eigenvalue weighted by Gasteiger charge is 2.12. The number of hydrogen-bond donors (Lipinski definition) is 3. The van der Waals surface area contributed by atoms with Gasteiger partial charge in [0, 0.05) is 5.69 Å². The van der Waals surface area contributed by atoms with Crippen molar-refractivity contribution >= 4 is 23.2 Å². The molecule has 1 aromatic heterocycles. The predicted octanol–water partition coefficient (Wildman–Crippen LogP) is 3.23. The molecule has 5 heteroatoms. The van der Waals surface area contributed by atoms with Gasteiger partial charge in [-0.2, -0.15) is 0 Å². The first-order chi connectivity index (χ1) is 9.47. The van der Waals surface area contributed by atoms with Crippen LogP contribution in [0.5, 0.6) is 0 Å². The summed E-state index contributed by atoms with van der Waals surface area (Å²) in [6.45, 7) is 4.20. The lowest BCUT2D eigenvalue weighted by Gasteiger charge is -2.11. The van der Waals surface area contributed by atoms with Crippen LogP contribution in [0.15, 0.2) is 36.5 Å². The molecule has 0 aliphatic heterocycles. The van der Waals surface area contributed by atoms with Crippen molar-refractivity contribution < 1.29 is 9.90 Å². The van der Waals surface area contributed by atoms with Gasteiger partial charge in [0.15, 0.2) is 0 Å². The molecule has 0 atom stereocenters. The first-order valence-corrected chi connectivity index (χ1v) is 6.33. The van der Waals surface area contributed by atoms with Crippen LogP contribution in [-0.4, -0.2) is 16.1 Å². The number of pyridine rings is 1. The second-order valence-corrected chi connectivity index (χ2v) is 4.88. The Kier molecular flexibility index (Phi) is 3.89. The monoisotopic (exact) mass is 271 g/mol. The fourth-order valence-corrected chi connectivity index (χ4v) is 1.86. The minimum absolute atomic E-state index is 0.0555. The van der Waals surface area contributed by atoms with Gasteiger partial charge >= 0.3 is 5.97 Å². The minimum atomic E-state index is -1.06. The van der Waals surface area contributed by atoms with Gasteiger partial charge in [0.25, 0.3) is 0 Å². The van der Waals surface area contributed by atoms with Crippen molar-refractivity contribution in [2.45, 2.75) is 19.8 Å². The number of nitrogens with two attached hydrogens (primary N) is 1. The molecule has 0 aliphatic carbocycles. The molecule has 1 aromatic carbocycles. The molecule has 0 saturated heterocycles. The van der Waals surface area contributed by atoms with Crippen LogP contribution in [0, 0.1) is 0 Å². The maximum Gasteiger partial charge on any atom is 0.339 e. The van der Waals surface area contributed by atoms with Crippen molar-refractivity contribution in [1.82, 2.24) is 4.98 Å². The molecule has 0 unspecified atom stereocenters. The average molecular weight is 271 g/mol. The summed E-state index contributed by atoms with van der Waals surface area (Å²) in [5.74, 6) is -0.380. The first kappa shape index (κ1) is 13.9. The Morgan fingerprint density at radius 1 is 1.35 bits per heavy atom. The van der Waals surface area contributed by atoms with Crippen molar-refractivity contribution in [3.05, 3.63) is 47.7 Å². The molecule has 104 valence electrons. The number of nitrogen functional groups attached to an aromatic ring is 1. The number of hydrogen-bond acceptors (Lipinski definition) is 4. The molecule has 0 fully saturated rings. The number of aromatic nitrogens is 1. The van der Waals surface area contributed by atoms with Crippen molar-refractivity contribution in [1.29, 1.82) is 0 Å². The van der Waals surface area contributed by atoms with E-state index in [9.17, 15) is 9.90 Å². The third kappa shape index (κ3) is 3.06. The minimum Gasteiger partial charge on any atom is -0.478 e. The van der Waals surface area contributed by atoms with E-state index in [1.807, 2.05) is 24.3 Å². The number of carboxylic acid groups (broad SMARTS) is 1. The molecule has 0 aliphatic rings. The highest BCUT2D eigenvalue weighted by molar-refractivity contribution is 5.94. The summed E-state index contributed by atoms with van der Waals surface area (Å²) >= 11 is 0. The van der Waals surface area contributed by atoms with Gasteiger partial charge in [-0.15, -0.1) is 0 Å². The number of carbonyl (C=O) groups is 1. The number of rotatable bonds is 4. The SMILES string of the molecule is CC(C)c1cccc(Nc2ncc(N)cc2C(=O)O)c1. The molecule has 2 aromatic rings. The zero-order valence-corrected chi connectivity index (χ0v) is 11.4. The molecule has 0 spiro atoms. The highest BCUT2D eigenvalue weighted by Crippen LogP contribution is 2.23. The molecule has 20 heavy (non-hydrogen) atoms. The zero-order valence-electron chi connectivity index (χ0n) is 11.4. The summed E-state index contributed by atoms with van der Waals surface area (Å²) in [6.07, 6.45) is 1.43. The summed E-state index contributed by atoms with van der Waals surface area (Å²) in [4.78, 5) is 15.3. The first-order valence-electron chi connectivity index (χ1n) is 6.33. The Bertz CT molecular complexity index is 639. The summed E-state index contributed by atoms with van der Waals surface area (Å²) in [7, 11) is 0. The number of anilines is 3. The average Bonchev–Trinajstić information content (AvgIpc) is 2.41. The summed E-state index contributed by atoms with van der Waals surface area (Å²) in [5.41, 5.74) is 7.92. The van der Waals surface area contributed by atoms with E-state index in [4.69, 9.17) is 5.73 Å². The van der Waals surface area contributed by atoms with E-state index in [0.717, 1.165) is 5.69 Å². The zero-order chi connectivity index (χ0) is 14.7. The van der Waals surface area contributed by atoms with Gasteiger partial charge in [-0.25, -0.2) is 9.78 Å². The summed E-state index contributed by atoms with van der Waals surface area (Å²) < 4.78 is 0. The van der Waals surface area contributed by atoms with Crippen LogP contribution >= 0.6 is 0 Å². The molecule has 0 saturated carbocycles. The lowest BCUT2D eigenvalue weighted by Crippen LogP contribution is -2.06. The van der Waals surface area contributed by atoms with Crippen LogP contribution < -0.4 is 11.1 Å². The van der Waals surface area contributed by atoms with Crippen molar-refractivity contribution in [3.63, 3.8) is 0 Å². The Morgan fingerprint density at radius 3 is 2.75 bits per heavy atom. The number of benzene rings is 1. The van der Waals surface area contributed by atoms with Crippen LogP contribution in [0.25, 0.3) is 0 Å².